The number of nitrogens with zero attached hydrogens (tertiary/aromatic N) is 1. The van der Waals surface area contributed by atoms with E-state index in [4.69, 9.17) is 16.0 Å². The first kappa shape index (κ1) is 16.5. The van der Waals surface area contributed by atoms with Gasteiger partial charge in [-0.05, 0) is 47.4 Å². The van der Waals surface area contributed by atoms with E-state index in [1.807, 2.05) is 36.6 Å². The Morgan fingerprint density at radius 1 is 0.815 bits per heavy atom. The van der Waals surface area contributed by atoms with Gasteiger partial charge in [0.25, 0.3) is 0 Å². The van der Waals surface area contributed by atoms with E-state index in [2.05, 4.69) is 55.7 Å². The van der Waals surface area contributed by atoms with Crippen molar-refractivity contribution < 1.29 is 4.42 Å². The third-order valence-corrected chi connectivity index (χ3v) is 5.53. The molecule has 2 aromatic heterocycles. The molecule has 5 aromatic rings. The third kappa shape index (κ3) is 2.48. The smallest absolute Gasteiger partial charge is 0.136 e. The topological polar surface area (TPSA) is 18.1 Å². The van der Waals surface area contributed by atoms with Crippen LogP contribution in [-0.4, -0.2) is 4.57 Å². The number of halogens is 1. The molecule has 0 aliphatic carbocycles. The van der Waals surface area contributed by atoms with Crippen LogP contribution in [0.5, 0.6) is 0 Å². The minimum atomic E-state index is 0.0946. The molecule has 5 rings (SSSR count). The second kappa shape index (κ2) is 5.64. The fraction of sp³-hybridized carbons (Fsp3) is 0.167. The average Bonchev–Trinajstić information content (AvgIpc) is 3.18. The molecule has 0 spiro atoms. The van der Waals surface area contributed by atoms with Crippen molar-refractivity contribution in [2.45, 2.75) is 26.2 Å². The summed E-state index contributed by atoms with van der Waals surface area (Å²) >= 11 is 6.36. The summed E-state index contributed by atoms with van der Waals surface area (Å²) in [5, 5.41) is 4.26. The van der Waals surface area contributed by atoms with Crippen LogP contribution >= 0.6 is 11.6 Å². The highest BCUT2D eigenvalue weighted by Crippen LogP contribution is 2.38. The van der Waals surface area contributed by atoms with Crippen molar-refractivity contribution in [3.05, 3.63) is 77.5 Å². The predicted molar refractivity (Wildman–Crippen MR) is 114 cm³/mol. The van der Waals surface area contributed by atoms with Gasteiger partial charge in [-0.2, -0.15) is 0 Å². The largest absolute Gasteiger partial charge is 0.462 e. The second-order valence-electron chi connectivity index (χ2n) is 8.10. The van der Waals surface area contributed by atoms with E-state index in [1.165, 1.54) is 16.3 Å². The van der Waals surface area contributed by atoms with Gasteiger partial charge < -0.3 is 8.98 Å². The summed E-state index contributed by atoms with van der Waals surface area (Å²) in [7, 11) is 0. The maximum absolute atomic E-state index is 6.36. The van der Waals surface area contributed by atoms with Gasteiger partial charge in [-0.25, -0.2) is 0 Å². The maximum Gasteiger partial charge on any atom is 0.136 e. The van der Waals surface area contributed by atoms with E-state index >= 15 is 0 Å². The molecule has 134 valence electrons. The van der Waals surface area contributed by atoms with Crippen molar-refractivity contribution in [1.29, 1.82) is 0 Å². The van der Waals surface area contributed by atoms with Gasteiger partial charge in [0.15, 0.2) is 0 Å². The lowest BCUT2D eigenvalue weighted by molar-refractivity contribution is 0.591. The molecule has 0 bridgehead atoms. The zero-order chi connectivity index (χ0) is 18.8. The van der Waals surface area contributed by atoms with Crippen molar-refractivity contribution in [1.82, 2.24) is 4.57 Å². The van der Waals surface area contributed by atoms with Crippen LogP contribution in [0.15, 0.2) is 71.3 Å². The molecule has 0 saturated heterocycles. The number of aromatic nitrogens is 1. The van der Waals surface area contributed by atoms with Gasteiger partial charge in [0.05, 0.1) is 16.7 Å². The Morgan fingerprint density at radius 2 is 1.63 bits per heavy atom. The van der Waals surface area contributed by atoms with E-state index in [1.54, 1.807) is 0 Å². The minimum Gasteiger partial charge on any atom is -0.462 e. The van der Waals surface area contributed by atoms with Gasteiger partial charge in [0, 0.05) is 21.2 Å². The lowest BCUT2D eigenvalue weighted by Crippen LogP contribution is -2.10. The summed E-state index contributed by atoms with van der Waals surface area (Å²) in [5.41, 5.74) is 5.59. The molecule has 2 heterocycles. The van der Waals surface area contributed by atoms with Crippen molar-refractivity contribution in [2.24, 2.45) is 0 Å². The summed E-state index contributed by atoms with van der Waals surface area (Å²) in [6.45, 7) is 6.73. The molecule has 0 unspecified atom stereocenters. The Kier molecular flexibility index (Phi) is 3.44. The van der Waals surface area contributed by atoms with Crippen LogP contribution in [0.3, 0.4) is 0 Å². The quantitative estimate of drug-likeness (QED) is 0.298. The first-order valence-electron chi connectivity index (χ1n) is 9.14. The Labute approximate surface area is 163 Å². The maximum atomic E-state index is 6.36. The van der Waals surface area contributed by atoms with E-state index in [0.29, 0.717) is 0 Å². The molecule has 0 N–H and O–H groups in total. The monoisotopic (exact) mass is 373 g/mol. The summed E-state index contributed by atoms with van der Waals surface area (Å²) in [6.07, 6.45) is 1.84. The van der Waals surface area contributed by atoms with Crippen LogP contribution in [0.25, 0.3) is 38.5 Å². The number of benzene rings is 3. The fourth-order valence-electron chi connectivity index (χ4n) is 3.86. The van der Waals surface area contributed by atoms with Crippen LogP contribution in [0.4, 0.5) is 0 Å². The molecule has 3 heteroatoms. The van der Waals surface area contributed by atoms with Gasteiger partial charge in [0.2, 0.25) is 0 Å². The Morgan fingerprint density at radius 3 is 2.44 bits per heavy atom. The van der Waals surface area contributed by atoms with Crippen LogP contribution in [0.1, 0.15) is 26.3 Å². The fourth-order valence-corrected chi connectivity index (χ4v) is 4.02. The van der Waals surface area contributed by atoms with Gasteiger partial charge in [-0.15, -0.1) is 0 Å². The summed E-state index contributed by atoms with van der Waals surface area (Å²) < 4.78 is 8.08. The Bertz CT molecular complexity index is 1320. The molecule has 0 aliphatic heterocycles. The van der Waals surface area contributed by atoms with E-state index in [-0.39, 0.29) is 5.41 Å². The summed E-state index contributed by atoms with van der Waals surface area (Å²) in [4.78, 5) is 0. The van der Waals surface area contributed by atoms with Gasteiger partial charge >= 0.3 is 0 Å². The molecule has 0 radical (unpaired) electrons. The third-order valence-electron chi connectivity index (χ3n) is 5.30. The van der Waals surface area contributed by atoms with E-state index in [9.17, 15) is 0 Å². The standard InChI is InChI=1S/C24H20ClNO/c1-24(2,3)15-8-11-20-19(12-15)17-10-9-16(25)13-21(17)26(20)22-14-27-23-7-5-4-6-18(22)23/h4-14H,1-3H3. The van der Waals surface area contributed by atoms with Crippen molar-refractivity contribution in [3.8, 4) is 5.69 Å². The number of hydrogen-bond acceptors (Lipinski definition) is 1. The van der Waals surface area contributed by atoms with Gasteiger partial charge in [-0.1, -0.05) is 56.6 Å². The highest BCUT2D eigenvalue weighted by molar-refractivity contribution is 6.31. The zero-order valence-corrected chi connectivity index (χ0v) is 16.3. The number of furan rings is 1. The Hall–Kier alpha value is -2.71. The first-order valence-corrected chi connectivity index (χ1v) is 9.52. The second-order valence-corrected chi connectivity index (χ2v) is 8.53. The highest BCUT2D eigenvalue weighted by Gasteiger charge is 2.19. The average molecular weight is 374 g/mol. The summed E-state index contributed by atoms with van der Waals surface area (Å²) in [5.74, 6) is 0. The Balaban J connectivity index is 1.94. The molecule has 3 aromatic carbocycles. The molecule has 0 saturated carbocycles. The molecule has 0 aliphatic rings. The normalized spacial score (nSPS) is 12.4. The predicted octanol–water partition coefficient (Wildman–Crippen LogP) is 7.48. The molecular weight excluding hydrogens is 354 g/mol. The lowest BCUT2D eigenvalue weighted by Gasteiger charge is -2.19. The van der Waals surface area contributed by atoms with Crippen LogP contribution in [0, 0.1) is 0 Å². The molecule has 0 atom stereocenters. The minimum absolute atomic E-state index is 0.0946. The molecule has 27 heavy (non-hydrogen) atoms. The molecule has 0 fully saturated rings. The number of fused-ring (bicyclic) bond motifs is 4. The van der Waals surface area contributed by atoms with Crippen molar-refractivity contribution in [3.63, 3.8) is 0 Å². The summed E-state index contributed by atoms with van der Waals surface area (Å²) in [6, 6.07) is 21.0. The number of para-hydroxylation sites is 1. The van der Waals surface area contributed by atoms with Gasteiger partial charge in [0.1, 0.15) is 11.8 Å². The van der Waals surface area contributed by atoms with Crippen molar-refractivity contribution in [2.75, 3.05) is 0 Å². The lowest BCUT2D eigenvalue weighted by atomic mass is 9.86. The van der Waals surface area contributed by atoms with E-state index < -0.39 is 0 Å². The SMILES string of the molecule is CC(C)(C)c1ccc2c(c1)c1ccc(Cl)cc1n2-c1coc2ccccc12. The molecule has 2 nitrogen and oxygen atoms in total. The van der Waals surface area contributed by atoms with Crippen LogP contribution in [-0.2, 0) is 5.41 Å². The molecular formula is C24H20ClNO. The van der Waals surface area contributed by atoms with Crippen LogP contribution < -0.4 is 0 Å². The van der Waals surface area contributed by atoms with E-state index in [0.717, 1.165) is 32.7 Å². The number of hydrogen-bond donors (Lipinski definition) is 0. The van der Waals surface area contributed by atoms with Crippen LogP contribution in [0.2, 0.25) is 5.02 Å². The number of rotatable bonds is 1. The van der Waals surface area contributed by atoms with Gasteiger partial charge in [-0.3, -0.25) is 0 Å². The van der Waals surface area contributed by atoms with Crippen molar-refractivity contribution >= 4 is 44.4 Å². The first-order chi connectivity index (χ1) is 12.9. The zero-order valence-electron chi connectivity index (χ0n) is 15.6. The highest BCUT2D eigenvalue weighted by atomic mass is 35.5. The molecule has 0 amide bonds.